The van der Waals surface area contributed by atoms with Gasteiger partial charge in [-0.05, 0) is 34.1 Å². The minimum Gasteiger partial charge on any atom is -0.273 e. The molecule has 0 rings (SSSR count). The molecule has 0 aromatic heterocycles. The lowest BCUT2D eigenvalue weighted by molar-refractivity contribution is 0.170. The molecule has 0 aliphatic heterocycles. The van der Waals surface area contributed by atoms with Gasteiger partial charge in [0.05, 0.1) is 6.04 Å². The number of hydrogen-bond donors (Lipinski definition) is 0. The summed E-state index contributed by atoms with van der Waals surface area (Å²) in [6.45, 7) is 10.6. The van der Waals surface area contributed by atoms with Crippen LogP contribution >= 0.6 is 0 Å². The SMILES string of the molecule is CCCCC#CN=NN(C(C)C)C(C)C. The molecular formula is C12H23N3. The van der Waals surface area contributed by atoms with E-state index in [1.807, 2.05) is 5.01 Å². The van der Waals surface area contributed by atoms with Crippen LogP contribution < -0.4 is 0 Å². The van der Waals surface area contributed by atoms with Gasteiger partial charge in [0.1, 0.15) is 0 Å². The average molecular weight is 209 g/mol. The Morgan fingerprint density at radius 1 is 1.13 bits per heavy atom. The van der Waals surface area contributed by atoms with E-state index in [9.17, 15) is 0 Å². The highest BCUT2D eigenvalue weighted by Crippen LogP contribution is 2.05. The second kappa shape index (κ2) is 8.28. The summed E-state index contributed by atoms with van der Waals surface area (Å²) in [5.41, 5.74) is 0. The van der Waals surface area contributed by atoms with Crippen molar-refractivity contribution in [3.8, 4) is 12.0 Å². The van der Waals surface area contributed by atoms with Crippen molar-refractivity contribution in [2.75, 3.05) is 0 Å². The molecule has 15 heavy (non-hydrogen) atoms. The third kappa shape index (κ3) is 6.96. The van der Waals surface area contributed by atoms with Gasteiger partial charge < -0.3 is 0 Å². The molecule has 0 atom stereocenters. The predicted octanol–water partition coefficient (Wildman–Crippen LogP) is 3.62. The summed E-state index contributed by atoms with van der Waals surface area (Å²) in [5.74, 6) is 2.98. The van der Waals surface area contributed by atoms with Crippen LogP contribution in [0.4, 0.5) is 0 Å². The molecule has 0 radical (unpaired) electrons. The summed E-state index contributed by atoms with van der Waals surface area (Å²) in [6.07, 6.45) is 3.23. The molecule has 0 aromatic carbocycles. The standard InChI is InChI=1S/C12H23N3/c1-6-7-8-9-10-13-14-15(11(2)3)12(4)5/h11-12H,6-8H2,1-5H3. The van der Waals surface area contributed by atoms with Crippen molar-refractivity contribution in [3.05, 3.63) is 0 Å². The third-order valence-electron chi connectivity index (χ3n) is 1.99. The van der Waals surface area contributed by atoms with E-state index in [0.717, 1.165) is 12.8 Å². The minimum absolute atomic E-state index is 0.367. The Balaban J connectivity index is 4.04. The fourth-order valence-corrected chi connectivity index (χ4v) is 1.23. The van der Waals surface area contributed by atoms with Gasteiger partial charge in [-0.25, -0.2) is 0 Å². The maximum absolute atomic E-state index is 4.11. The summed E-state index contributed by atoms with van der Waals surface area (Å²) < 4.78 is 0. The average Bonchev–Trinajstić information content (AvgIpc) is 2.15. The molecule has 86 valence electrons. The van der Waals surface area contributed by atoms with Crippen molar-refractivity contribution in [3.63, 3.8) is 0 Å². The first-order valence-electron chi connectivity index (χ1n) is 5.76. The molecular weight excluding hydrogens is 186 g/mol. The Morgan fingerprint density at radius 2 is 1.73 bits per heavy atom. The van der Waals surface area contributed by atoms with Crippen molar-refractivity contribution < 1.29 is 0 Å². The molecule has 0 saturated heterocycles. The number of hydrogen-bond acceptors (Lipinski definition) is 2. The van der Waals surface area contributed by atoms with E-state index in [-0.39, 0.29) is 0 Å². The quantitative estimate of drug-likeness (QED) is 0.294. The first kappa shape index (κ1) is 14.0. The van der Waals surface area contributed by atoms with Crippen LogP contribution in [0.1, 0.15) is 53.9 Å². The lowest BCUT2D eigenvalue weighted by atomic mass is 10.3. The number of nitrogens with zero attached hydrogens (tertiary/aromatic N) is 3. The summed E-state index contributed by atoms with van der Waals surface area (Å²) >= 11 is 0. The zero-order valence-corrected chi connectivity index (χ0v) is 10.6. The first-order chi connectivity index (χ1) is 7.09. The maximum Gasteiger partial charge on any atom is 0.0593 e. The van der Waals surface area contributed by atoms with Gasteiger partial charge in [-0.15, -0.1) is 0 Å². The molecule has 0 unspecified atom stereocenters. The lowest BCUT2D eigenvalue weighted by Gasteiger charge is -2.25. The molecule has 0 bridgehead atoms. The Kier molecular flexibility index (Phi) is 7.71. The highest BCUT2D eigenvalue weighted by atomic mass is 15.6. The second-order valence-electron chi connectivity index (χ2n) is 4.15. The molecule has 3 heteroatoms. The van der Waals surface area contributed by atoms with Crippen LogP contribution in [-0.4, -0.2) is 17.1 Å². The van der Waals surface area contributed by atoms with Gasteiger partial charge >= 0.3 is 0 Å². The Morgan fingerprint density at radius 3 is 2.20 bits per heavy atom. The van der Waals surface area contributed by atoms with Crippen LogP contribution in [0, 0.1) is 12.0 Å². The van der Waals surface area contributed by atoms with E-state index in [1.165, 1.54) is 6.42 Å². The van der Waals surface area contributed by atoms with E-state index in [1.54, 1.807) is 0 Å². The first-order valence-corrected chi connectivity index (χ1v) is 5.76. The van der Waals surface area contributed by atoms with Crippen molar-refractivity contribution in [2.24, 2.45) is 10.3 Å². The van der Waals surface area contributed by atoms with Gasteiger partial charge in [-0.1, -0.05) is 29.6 Å². The fraction of sp³-hybridized carbons (Fsp3) is 0.833. The Labute approximate surface area is 93.9 Å². The van der Waals surface area contributed by atoms with Crippen molar-refractivity contribution >= 4 is 0 Å². The van der Waals surface area contributed by atoms with E-state index in [2.05, 4.69) is 56.9 Å². The normalized spacial score (nSPS) is 10.9. The second-order valence-corrected chi connectivity index (χ2v) is 4.15. The monoisotopic (exact) mass is 209 g/mol. The van der Waals surface area contributed by atoms with Crippen LogP contribution in [0.15, 0.2) is 10.3 Å². The molecule has 0 fully saturated rings. The van der Waals surface area contributed by atoms with Crippen LogP contribution in [0.3, 0.4) is 0 Å². The molecule has 0 N–H and O–H groups in total. The highest BCUT2D eigenvalue weighted by Gasteiger charge is 2.09. The molecule has 0 aromatic rings. The molecule has 0 aliphatic carbocycles. The highest BCUT2D eigenvalue weighted by molar-refractivity contribution is 4.95. The van der Waals surface area contributed by atoms with Gasteiger partial charge in [-0.2, -0.15) is 0 Å². The molecule has 0 amide bonds. The van der Waals surface area contributed by atoms with Gasteiger partial charge in [-0.3, -0.25) is 5.01 Å². The topological polar surface area (TPSA) is 28.0 Å². The van der Waals surface area contributed by atoms with Crippen LogP contribution in [0.5, 0.6) is 0 Å². The molecule has 0 aliphatic rings. The maximum atomic E-state index is 4.11. The zero-order valence-electron chi connectivity index (χ0n) is 10.6. The summed E-state index contributed by atoms with van der Waals surface area (Å²) in [6, 6.07) is 3.46. The van der Waals surface area contributed by atoms with Crippen molar-refractivity contribution in [2.45, 2.75) is 66.0 Å². The smallest absolute Gasteiger partial charge is 0.0593 e. The van der Waals surface area contributed by atoms with Crippen molar-refractivity contribution in [1.82, 2.24) is 5.01 Å². The van der Waals surface area contributed by atoms with Crippen LogP contribution in [-0.2, 0) is 0 Å². The lowest BCUT2D eigenvalue weighted by Crippen LogP contribution is -2.31. The van der Waals surface area contributed by atoms with Gasteiger partial charge in [0, 0.05) is 18.5 Å². The number of unbranched alkanes of at least 4 members (excludes halogenated alkanes) is 2. The largest absolute Gasteiger partial charge is 0.273 e. The fourth-order valence-electron chi connectivity index (χ4n) is 1.23. The van der Waals surface area contributed by atoms with Crippen molar-refractivity contribution in [1.29, 1.82) is 0 Å². The van der Waals surface area contributed by atoms with E-state index < -0.39 is 0 Å². The predicted molar refractivity (Wildman–Crippen MR) is 64.3 cm³/mol. The molecule has 0 heterocycles. The van der Waals surface area contributed by atoms with Gasteiger partial charge in [0.25, 0.3) is 0 Å². The van der Waals surface area contributed by atoms with Crippen LogP contribution in [0.2, 0.25) is 0 Å². The molecule has 0 spiro atoms. The summed E-state index contributed by atoms with van der Waals surface area (Å²) in [4.78, 5) is 0. The van der Waals surface area contributed by atoms with E-state index in [0.29, 0.717) is 12.1 Å². The Bertz CT molecular complexity index is 225. The van der Waals surface area contributed by atoms with E-state index in [4.69, 9.17) is 0 Å². The molecule has 3 nitrogen and oxygen atoms in total. The molecule has 0 saturated carbocycles. The van der Waals surface area contributed by atoms with Gasteiger partial charge in [0.2, 0.25) is 0 Å². The Hall–Kier alpha value is -1.04. The van der Waals surface area contributed by atoms with Gasteiger partial charge in [0.15, 0.2) is 0 Å². The van der Waals surface area contributed by atoms with Crippen LogP contribution in [0.25, 0.3) is 0 Å². The summed E-state index contributed by atoms with van der Waals surface area (Å²) in [5, 5.41) is 9.93. The number of rotatable bonds is 5. The third-order valence-corrected chi connectivity index (χ3v) is 1.99. The van der Waals surface area contributed by atoms with E-state index >= 15 is 0 Å². The summed E-state index contributed by atoms with van der Waals surface area (Å²) in [7, 11) is 0. The minimum atomic E-state index is 0.367. The zero-order chi connectivity index (χ0) is 11.7.